The summed E-state index contributed by atoms with van der Waals surface area (Å²) in [6, 6.07) is 5.93. The van der Waals surface area contributed by atoms with Crippen molar-refractivity contribution in [2.24, 2.45) is 5.73 Å². The van der Waals surface area contributed by atoms with Gasteiger partial charge in [-0.05, 0) is 32.0 Å². The van der Waals surface area contributed by atoms with E-state index < -0.39 is 0 Å². The predicted octanol–water partition coefficient (Wildman–Crippen LogP) is 3.15. The summed E-state index contributed by atoms with van der Waals surface area (Å²) < 4.78 is 5.24. The van der Waals surface area contributed by atoms with E-state index in [0.717, 1.165) is 21.2 Å². The Morgan fingerprint density at radius 3 is 2.69 bits per heavy atom. The summed E-state index contributed by atoms with van der Waals surface area (Å²) in [5.41, 5.74) is 6.65. The van der Waals surface area contributed by atoms with Crippen molar-refractivity contribution in [1.29, 1.82) is 0 Å². The third kappa shape index (κ3) is 2.46. The fourth-order valence-electron chi connectivity index (χ4n) is 1.33. The predicted molar refractivity (Wildman–Crippen MR) is 64.4 cm³/mol. The topological polar surface area (TPSA) is 52.0 Å². The van der Waals surface area contributed by atoms with Gasteiger partial charge in [0.2, 0.25) is 0 Å². The van der Waals surface area contributed by atoms with E-state index in [9.17, 15) is 0 Å². The van der Waals surface area contributed by atoms with Crippen molar-refractivity contribution in [3.63, 3.8) is 0 Å². The van der Waals surface area contributed by atoms with Crippen LogP contribution in [0.4, 0.5) is 0 Å². The van der Waals surface area contributed by atoms with E-state index in [1.165, 1.54) is 0 Å². The highest BCUT2D eigenvalue weighted by Gasteiger charge is 2.05. The Morgan fingerprint density at radius 1 is 1.38 bits per heavy atom. The molecule has 3 nitrogen and oxygen atoms in total. The number of aromatic nitrogens is 1. The molecule has 0 unspecified atom stereocenters. The Hall–Kier alpha value is -1.26. The van der Waals surface area contributed by atoms with Crippen LogP contribution >= 0.6 is 11.8 Å². The maximum absolute atomic E-state index is 5.74. The summed E-state index contributed by atoms with van der Waals surface area (Å²) in [6.45, 7) is 3.88. The molecule has 1 atom stereocenters. The van der Waals surface area contributed by atoms with Gasteiger partial charge < -0.3 is 10.2 Å². The summed E-state index contributed by atoms with van der Waals surface area (Å²) in [4.78, 5) is 6.52. The second-order valence-electron chi connectivity index (χ2n) is 3.65. The van der Waals surface area contributed by atoms with Gasteiger partial charge in [-0.2, -0.15) is 0 Å². The molecule has 0 aliphatic carbocycles. The quantitative estimate of drug-likeness (QED) is 0.886. The molecule has 2 heterocycles. The van der Waals surface area contributed by atoms with Crippen LogP contribution in [0, 0.1) is 6.92 Å². The van der Waals surface area contributed by atoms with Gasteiger partial charge in [0.25, 0.3) is 0 Å². The monoisotopic (exact) mass is 234 g/mol. The highest BCUT2D eigenvalue weighted by atomic mass is 32.2. The third-order valence-corrected chi connectivity index (χ3v) is 3.39. The van der Waals surface area contributed by atoms with E-state index in [-0.39, 0.29) is 6.04 Å². The lowest BCUT2D eigenvalue weighted by atomic mass is 10.2. The Labute approximate surface area is 99.1 Å². The maximum atomic E-state index is 5.74. The lowest BCUT2D eigenvalue weighted by Gasteiger charge is -2.05. The van der Waals surface area contributed by atoms with Crippen LogP contribution in [0.1, 0.15) is 24.4 Å². The lowest BCUT2D eigenvalue weighted by Crippen LogP contribution is -2.06. The summed E-state index contributed by atoms with van der Waals surface area (Å²) in [5.74, 6) is 0.932. The van der Waals surface area contributed by atoms with Crippen LogP contribution in [0.2, 0.25) is 0 Å². The Bertz CT molecular complexity index is 462. The maximum Gasteiger partial charge on any atom is 0.114 e. The number of nitrogens with two attached hydrogens (primary N) is 1. The van der Waals surface area contributed by atoms with Crippen LogP contribution in [0.15, 0.2) is 44.9 Å². The Morgan fingerprint density at radius 2 is 2.19 bits per heavy atom. The van der Waals surface area contributed by atoms with E-state index in [1.54, 1.807) is 18.0 Å². The highest BCUT2D eigenvalue weighted by Crippen LogP contribution is 2.30. The second kappa shape index (κ2) is 4.72. The first-order valence-corrected chi connectivity index (χ1v) is 5.92. The van der Waals surface area contributed by atoms with Gasteiger partial charge in [-0.25, -0.2) is 0 Å². The van der Waals surface area contributed by atoms with E-state index >= 15 is 0 Å². The summed E-state index contributed by atoms with van der Waals surface area (Å²) in [6.07, 6.45) is 3.54. The van der Waals surface area contributed by atoms with Crippen molar-refractivity contribution in [2.45, 2.75) is 29.7 Å². The lowest BCUT2D eigenvalue weighted by molar-refractivity contribution is 0.527. The second-order valence-corrected chi connectivity index (χ2v) is 4.77. The average molecular weight is 234 g/mol. The smallest absolute Gasteiger partial charge is 0.114 e. The van der Waals surface area contributed by atoms with Crippen LogP contribution in [-0.4, -0.2) is 4.98 Å². The third-order valence-electron chi connectivity index (χ3n) is 2.26. The van der Waals surface area contributed by atoms with Gasteiger partial charge >= 0.3 is 0 Å². The molecular weight excluding hydrogens is 220 g/mol. The zero-order chi connectivity index (χ0) is 11.5. The van der Waals surface area contributed by atoms with Crippen molar-refractivity contribution in [3.05, 3.63) is 42.1 Å². The van der Waals surface area contributed by atoms with E-state index in [2.05, 4.69) is 4.98 Å². The standard InChI is InChI=1S/C12H14N2OS/c1-8(13)11-4-3-10(7-14-11)16-12-5-6-15-9(12)2/h3-8H,13H2,1-2H3/t8-/m0/s1. The highest BCUT2D eigenvalue weighted by molar-refractivity contribution is 7.99. The zero-order valence-corrected chi connectivity index (χ0v) is 10.1. The zero-order valence-electron chi connectivity index (χ0n) is 9.31. The van der Waals surface area contributed by atoms with Gasteiger partial charge in [0.15, 0.2) is 0 Å². The molecule has 0 saturated heterocycles. The number of hydrogen-bond acceptors (Lipinski definition) is 4. The Kier molecular flexibility index (Phi) is 3.31. The van der Waals surface area contributed by atoms with Crippen LogP contribution in [0.3, 0.4) is 0 Å². The van der Waals surface area contributed by atoms with E-state index in [4.69, 9.17) is 10.2 Å². The molecule has 0 spiro atoms. The first kappa shape index (κ1) is 11.2. The first-order chi connectivity index (χ1) is 7.66. The van der Waals surface area contributed by atoms with Gasteiger partial charge in [-0.1, -0.05) is 11.8 Å². The minimum atomic E-state index is -0.0188. The van der Waals surface area contributed by atoms with Gasteiger partial charge in [0, 0.05) is 17.1 Å². The molecule has 0 bridgehead atoms. The molecule has 0 radical (unpaired) electrons. The van der Waals surface area contributed by atoms with Crippen molar-refractivity contribution < 1.29 is 4.42 Å². The van der Waals surface area contributed by atoms with Crippen molar-refractivity contribution in [2.75, 3.05) is 0 Å². The number of nitrogens with zero attached hydrogens (tertiary/aromatic N) is 1. The van der Waals surface area contributed by atoms with Crippen molar-refractivity contribution >= 4 is 11.8 Å². The molecule has 2 aromatic rings. The van der Waals surface area contributed by atoms with Gasteiger partial charge in [0.1, 0.15) is 5.76 Å². The molecule has 0 saturated carbocycles. The molecule has 0 aromatic carbocycles. The molecular formula is C12H14N2OS. The summed E-state index contributed by atoms with van der Waals surface area (Å²) >= 11 is 1.64. The fourth-order valence-corrected chi connectivity index (χ4v) is 2.14. The number of rotatable bonds is 3. The molecule has 2 aromatic heterocycles. The summed E-state index contributed by atoms with van der Waals surface area (Å²) in [7, 11) is 0. The van der Waals surface area contributed by atoms with Crippen molar-refractivity contribution in [1.82, 2.24) is 4.98 Å². The molecule has 2 rings (SSSR count). The van der Waals surface area contributed by atoms with Crippen molar-refractivity contribution in [3.8, 4) is 0 Å². The van der Waals surface area contributed by atoms with Crippen LogP contribution in [-0.2, 0) is 0 Å². The SMILES string of the molecule is Cc1occc1Sc1ccc([C@H](C)N)nc1. The molecule has 0 aliphatic heterocycles. The molecule has 4 heteroatoms. The average Bonchev–Trinajstić information content (AvgIpc) is 2.65. The molecule has 2 N–H and O–H groups in total. The van der Waals surface area contributed by atoms with Crippen LogP contribution < -0.4 is 5.73 Å². The minimum Gasteiger partial charge on any atom is -0.468 e. The van der Waals surface area contributed by atoms with Crippen LogP contribution in [0.5, 0.6) is 0 Å². The fraction of sp³-hybridized carbons (Fsp3) is 0.250. The Balaban J connectivity index is 2.14. The molecule has 0 fully saturated rings. The van der Waals surface area contributed by atoms with Gasteiger partial charge in [-0.15, -0.1) is 0 Å². The number of hydrogen-bond donors (Lipinski definition) is 1. The largest absolute Gasteiger partial charge is 0.468 e. The van der Waals surface area contributed by atoms with Gasteiger partial charge in [0.05, 0.1) is 16.9 Å². The van der Waals surface area contributed by atoms with Crippen LogP contribution in [0.25, 0.3) is 0 Å². The molecule has 16 heavy (non-hydrogen) atoms. The number of pyridine rings is 1. The van der Waals surface area contributed by atoms with E-state index in [0.29, 0.717) is 0 Å². The molecule has 0 amide bonds. The normalized spacial score (nSPS) is 12.7. The summed E-state index contributed by atoms with van der Waals surface area (Å²) in [5, 5.41) is 0. The molecule has 0 aliphatic rings. The minimum absolute atomic E-state index is 0.0188. The first-order valence-electron chi connectivity index (χ1n) is 5.10. The van der Waals surface area contributed by atoms with E-state index in [1.807, 2.05) is 38.2 Å². The number of furan rings is 1. The molecule has 84 valence electrons. The van der Waals surface area contributed by atoms with Gasteiger partial charge in [-0.3, -0.25) is 4.98 Å². The number of aryl methyl sites for hydroxylation is 1.